The van der Waals surface area contributed by atoms with E-state index in [9.17, 15) is 13.2 Å². The van der Waals surface area contributed by atoms with Crippen LogP contribution in [0.25, 0.3) is 10.9 Å². The summed E-state index contributed by atoms with van der Waals surface area (Å²) >= 11 is 0. The van der Waals surface area contributed by atoms with Gasteiger partial charge in [0.25, 0.3) is 0 Å². The molecule has 1 heterocycles. The van der Waals surface area contributed by atoms with Crippen molar-refractivity contribution >= 4 is 26.8 Å². The molecular formula is C20H24N4O3S. The number of sulfonamides is 1. The van der Waals surface area contributed by atoms with Crippen LogP contribution in [0.2, 0.25) is 0 Å². The number of rotatable bonds is 7. The van der Waals surface area contributed by atoms with Gasteiger partial charge in [-0.05, 0) is 24.1 Å². The highest BCUT2D eigenvalue weighted by Crippen LogP contribution is 2.17. The number of aryl methyl sites for hydroxylation is 1. The normalized spacial score (nSPS) is 13.0. The van der Waals surface area contributed by atoms with Gasteiger partial charge in [0.15, 0.2) is 0 Å². The van der Waals surface area contributed by atoms with Gasteiger partial charge in [0, 0.05) is 12.4 Å². The average molecular weight is 401 g/mol. The SMILES string of the molecule is CC(C)[C@@H](NS(=O)(=O)c1ccccc1)C(=O)NCc1nn(C)c2ccccc12. The quantitative estimate of drug-likeness (QED) is 0.636. The molecule has 2 aromatic carbocycles. The van der Waals surface area contributed by atoms with E-state index in [4.69, 9.17) is 0 Å². The Kier molecular flexibility index (Phi) is 5.81. The third kappa shape index (κ3) is 4.23. The number of fused-ring (bicyclic) bond motifs is 1. The number of hydrogen-bond acceptors (Lipinski definition) is 4. The van der Waals surface area contributed by atoms with Crippen molar-refractivity contribution in [2.24, 2.45) is 13.0 Å². The lowest BCUT2D eigenvalue weighted by molar-refractivity contribution is -0.123. The molecule has 0 saturated carbocycles. The number of para-hydroxylation sites is 1. The average Bonchev–Trinajstić information content (AvgIpc) is 3.01. The Balaban J connectivity index is 1.75. The minimum Gasteiger partial charge on any atom is -0.349 e. The number of nitrogens with one attached hydrogen (secondary N) is 2. The zero-order valence-electron chi connectivity index (χ0n) is 16.1. The molecule has 0 aliphatic heterocycles. The summed E-state index contributed by atoms with van der Waals surface area (Å²) in [6.45, 7) is 3.82. The van der Waals surface area contributed by atoms with Crippen molar-refractivity contribution in [3.8, 4) is 0 Å². The molecule has 1 atom stereocenters. The maximum atomic E-state index is 12.7. The first-order valence-corrected chi connectivity index (χ1v) is 10.5. The molecule has 0 radical (unpaired) electrons. The van der Waals surface area contributed by atoms with Crippen LogP contribution in [0.1, 0.15) is 19.5 Å². The number of carbonyl (C=O) groups excluding carboxylic acids is 1. The van der Waals surface area contributed by atoms with Gasteiger partial charge in [-0.2, -0.15) is 9.82 Å². The van der Waals surface area contributed by atoms with E-state index in [1.165, 1.54) is 12.1 Å². The zero-order chi connectivity index (χ0) is 20.3. The van der Waals surface area contributed by atoms with Gasteiger partial charge in [-0.3, -0.25) is 9.48 Å². The highest BCUT2D eigenvalue weighted by molar-refractivity contribution is 7.89. The predicted octanol–water partition coefficient (Wildman–Crippen LogP) is 2.19. The number of carbonyl (C=O) groups is 1. The molecule has 1 aromatic heterocycles. The molecular weight excluding hydrogens is 376 g/mol. The first-order valence-electron chi connectivity index (χ1n) is 9.05. The lowest BCUT2D eigenvalue weighted by Gasteiger charge is -2.21. The van der Waals surface area contributed by atoms with Crippen LogP contribution >= 0.6 is 0 Å². The Morgan fingerprint density at radius 2 is 1.71 bits per heavy atom. The van der Waals surface area contributed by atoms with E-state index < -0.39 is 16.1 Å². The fraction of sp³-hybridized carbons (Fsp3) is 0.300. The monoisotopic (exact) mass is 400 g/mol. The van der Waals surface area contributed by atoms with E-state index in [1.54, 1.807) is 36.7 Å². The van der Waals surface area contributed by atoms with Crippen molar-refractivity contribution in [1.29, 1.82) is 0 Å². The largest absolute Gasteiger partial charge is 0.349 e. The van der Waals surface area contributed by atoms with Gasteiger partial charge in [-0.1, -0.05) is 50.2 Å². The Morgan fingerprint density at radius 1 is 1.07 bits per heavy atom. The molecule has 7 nitrogen and oxygen atoms in total. The summed E-state index contributed by atoms with van der Waals surface area (Å²) in [4.78, 5) is 12.9. The molecule has 8 heteroatoms. The third-order valence-corrected chi connectivity index (χ3v) is 6.01. The van der Waals surface area contributed by atoms with Crippen molar-refractivity contribution < 1.29 is 13.2 Å². The van der Waals surface area contributed by atoms with Gasteiger partial charge >= 0.3 is 0 Å². The van der Waals surface area contributed by atoms with Crippen molar-refractivity contribution in [2.75, 3.05) is 0 Å². The maximum absolute atomic E-state index is 12.7. The van der Waals surface area contributed by atoms with Crippen LogP contribution in [0, 0.1) is 5.92 Å². The summed E-state index contributed by atoms with van der Waals surface area (Å²) in [6.07, 6.45) is 0. The third-order valence-electron chi connectivity index (χ3n) is 4.55. The molecule has 3 rings (SSSR count). The molecule has 0 bridgehead atoms. The van der Waals surface area contributed by atoms with Crippen LogP contribution in [0.4, 0.5) is 0 Å². The molecule has 2 N–H and O–H groups in total. The fourth-order valence-corrected chi connectivity index (χ4v) is 4.39. The van der Waals surface area contributed by atoms with Crippen LogP contribution < -0.4 is 10.0 Å². The minimum absolute atomic E-state index is 0.129. The molecule has 0 unspecified atom stereocenters. The highest BCUT2D eigenvalue weighted by Gasteiger charge is 2.28. The number of nitrogens with zero attached hydrogens (tertiary/aromatic N) is 2. The second-order valence-corrected chi connectivity index (χ2v) is 8.68. The standard InChI is InChI=1S/C20H24N4O3S/c1-14(2)19(23-28(26,27)15-9-5-4-6-10-15)20(25)21-13-17-16-11-7-8-12-18(16)24(3)22-17/h4-12,14,19,23H,13H2,1-3H3,(H,21,25)/t19-/m1/s1. The van der Waals surface area contributed by atoms with Crippen molar-refractivity contribution in [3.63, 3.8) is 0 Å². The highest BCUT2D eigenvalue weighted by atomic mass is 32.2. The maximum Gasteiger partial charge on any atom is 0.241 e. The van der Waals surface area contributed by atoms with Gasteiger partial charge in [-0.15, -0.1) is 0 Å². The molecule has 0 aliphatic rings. The van der Waals surface area contributed by atoms with Crippen LogP contribution in [-0.2, 0) is 28.4 Å². The van der Waals surface area contributed by atoms with Gasteiger partial charge in [0.1, 0.15) is 6.04 Å². The van der Waals surface area contributed by atoms with E-state index in [1.807, 2.05) is 31.3 Å². The smallest absolute Gasteiger partial charge is 0.241 e. The van der Waals surface area contributed by atoms with Crippen molar-refractivity contribution in [3.05, 3.63) is 60.3 Å². The number of amides is 1. The topological polar surface area (TPSA) is 93.1 Å². The molecule has 28 heavy (non-hydrogen) atoms. The van der Waals surface area contributed by atoms with Crippen molar-refractivity contribution in [1.82, 2.24) is 19.8 Å². The summed E-state index contributed by atoms with van der Waals surface area (Å²) in [6, 6.07) is 14.9. The Hall–Kier alpha value is -2.71. The van der Waals surface area contributed by atoms with Crippen LogP contribution in [0.15, 0.2) is 59.5 Å². The lowest BCUT2D eigenvalue weighted by atomic mass is 10.0. The number of hydrogen-bond donors (Lipinski definition) is 2. The van der Waals surface area contributed by atoms with E-state index in [0.717, 1.165) is 16.6 Å². The summed E-state index contributed by atoms with van der Waals surface area (Å²) in [5, 5.41) is 8.22. The molecule has 3 aromatic rings. The van der Waals surface area contributed by atoms with E-state index in [-0.39, 0.29) is 23.3 Å². The summed E-state index contributed by atoms with van der Waals surface area (Å²) in [5.41, 5.74) is 1.71. The Morgan fingerprint density at radius 3 is 2.39 bits per heavy atom. The van der Waals surface area contributed by atoms with Gasteiger partial charge in [-0.25, -0.2) is 8.42 Å². The lowest BCUT2D eigenvalue weighted by Crippen LogP contribution is -2.49. The number of benzene rings is 2. The molecule has 0 saturated heterocycles. The molecule has 0 aliphatic carbocycles. The predicted molar refractivity (Wildman–Crippen MR) is 108 cm³/mol. The Bertz CT molecular complexity index is 1080. The van der Waals surface area contributed by atoms with E-state index in [2.05, 4.69) is 15.1 Å². The molecule has 148 valence electrons. The van der Waals surface area contributed by atoms with Crippen molar-refractivity contribution in [2.45, 2.75) is 31.3 Å². The van der Waals surface area contributed by atoms with Gasteiger partial charge < -0.3 is 5.32 Å². The molecule has 0 fully saturated rings. The minimum atomic E-state index is -3.79. The summed E-state index contributed by atoms with van der Waals surface area (Å²) in [7, 11) is -1.95. The first-order chi connectivity index (χ1) is 13.3. The van der Waals surface area contributed by atoms with Crippen LogP contribution in [0.3, 0.4) is 0 Å². The zero-order valence-corrected chi connectivity index (χ0v) is 16.9. The van der Waals surface area contributed by atoms with Gasteiger partial charge in [0.05, 0.1) is 22.7 Å². The van der Waals surface area contributed by atoms with Crippen LogP contribution in [0.5, 0.6) is 0 Å². The second-order valence-electron chi connectivity index (χ2n) is 6.96. The first kappa shape index (κ1) is 20.0. The molecule has 1 amide bonds. The van der Waals surface area contributed by atoms with E-state index >= 15 is 0 Å². The fourth-order valence-electron chi connectivity index (χ4n) is 3.03. The van der Waals surface area contributed by atoms with Gasteiger partial charge in [0.2, 0.25) is 15.9 Å². The van der Waals surface area contributed by atoms with Crippen LogP contribution in [-0.4, -0.2) is 30.1 Å². The Labute approximate surface area is 164 Å². The second kappa shape index (κ2) is 8.12. The van der Waals surface area contributed by atoms with E-state index in [0.29, 0.717) is 0 Å². The summed E-state index contributed by atoms with van der Waals surface area (Å²) in [5.74, 6) is -0.608. The number of aromatic nitrogens is 2. The summed E-state index contributed by atoms with van der Waals surface area (Å²) < 4.78 is 29.5. The molecule has 0 spiro atoms.